The average Bonchev–Trinajstić information content (AvgIpc) is 3.15. The van der Waals surface area contributed by atoms with Crippen molar-refractivity contribution in [2.75, 3.05) is 6.54 Å². The summed E-state index contributed by atoms with van der Waals surface area (Å²) in [6, 6.07) is 24.0. The Labute approximate surface area is 168 Å². The summed E-state index contributed by atoms with van der Waals surface area (Å²) in [4.78, 5) is 3.91. The van der Waals surface area contributed by atoms with E-state index >= 15 is 0 Å². The molecule has 0 fully saturated rings. The quantitative estimate of drug-likeness (QED) is 0.441. The third-order valence-corrected chi connectivity index (χ3v) is 5.52. The van der Waals surface area contributed by atoms with Gasteiger partial charge in [-0.2, -0.15) is 0 Å². The van der Waals surface area contributed by atoms with Gasteiger partial charge in [0.25, 0.3) is 0 Å². The Kier molecular flexibility index (Phi) is 6.65. The SMILES string of the molecule is CC(C)(C)c1ccc(CN(C/C=C/c2ccccc2)Cc2cccs2)cc1. The monoisotopic (exact) mass is 375 g/mol. The average molecular weight is 376 g/mol. The minimum Gasteiger partial charge on any atom is -0.290 e. The molecule has 0 aliphatic rings. The van der Waals surface area contributed by atoms with Gasteiger partial charge in [-0.1, -0.05) is 93.6 Å². The molecule has 0 N–H and O–H groups in total. The van der Waals surface area contributed by atoms with Crippen molar-refractivity contribution in [1.29, 1.82) is 0 Å². The maximum atomic E-state index is 2.50. The molecule has 1 nitrogen and oxygen atoms in total. The molecule has 1 aromatic heterocycles. The first-order valence-corrected chi connectivity index (χ1v) is 10.4. The number of thiophene rings is 1. The minimum atomic E-state index is 0.202. The molecular formula is C25H29NS. The van der Waals surface area contributed by atoms with E-state index in [0.29, 0.717) is 0 Å². The van der Waals surface area contributed by atoms with Crippen LogP contribution in [0.15, 0.2) is 78.2 Å². The number of nitrogens with zero attached hydrogens (tertiary/aromatic N) is 1. The van der Waals surface area contributed by atoms with Gasteiger partial charge in [0.15, 0.2) is 0 Å². The summed E-state index contributed by atoms with van der Waals surface area (Å²) in [5.74, 6) is 0. The first kappa shape index (κ1) is 19.6. The molecule has 3 rings (SSSR count). The number of hydrogen-bond acceptors (Lipinski definition) is 2. The molecule has 0 aliphatic carbocycles. The Morgan fingerprint density at radius 2 is 1.59 bits per heavy atom. The highest BCUT2D eigenvalue weighted by Crippen LogP contribution is 2.23. The van der Waals surface area contributed by atoms with E-state index in [1.54, 1.807) is 0 Å². The van der Waals surface area contributed by atoms with Gasteiger partial charge in [-0.15, -0.1) is 11.3 Å². The summed E-state index contributed by atoms with van der Waals surface area (Å²) in [6.07, 6.45) is 4.48. The highest BCUT2D eigenvalue weighted by Gasteiger charge is 2.13. The maximum absolute atomic E-state index is 2.50. The summed E-state index contributed by atoms with van der Waals surface area (Å²) in [5, 5.41) is 2.16. The van der Waals surface area contributed by atoms with Gasteiger partial charge in [-0.3, -0.25) is 4.90 Å². The fourth-order valence-electron chi connectivity index (χ4n) is 3.08. The molecule has 0 saturated heterocycles. The molecule has 140 valence electrons. The van der Waals surface area contributed by atoms with Crippen molar-refractivity contribution in [3.8, 4) is 0 Å². The summed E-state index contributed by atoms with van der Waals surface area (Å²) >= 11 is 1.83. The van der Waals surface area contributed by atoms with Gasteiger partial charge < -0.3 is 0 Å². The molecule has 0 bridgehead atoms. The summed E-state index contributed by atoms with van der Waals surface area (Å²) in [5.41, 5.74) is 4.21. The van der Waals surface area contributed by atoms with Crippen LogP contribution in [0.2, 0.25) is 0 Å². The Hall–Kier alpha value is -2.16. The Morgan fingerprint density at radius 3 is 2.22 bits per heavy atom. The lowest BCUT2D eigenvalue weighted by Gasteiger charge is -2.22. The van der Waals surface area contributed by atoms with Crippen LogP contribution in [-0.4, -0.2) is 11.4 Å². The molecule has 27 heavy (non-hydrogen) atoms. The molecule has 0 spiro atoms. The lowest BCUT2D eigenvalue weighted by Crippen LogP contribution is -2.22. The highest BCUT2D eigenvalue weighted by atomic mass is 32.1. The van der Waals surface area contributed by atoms with E-state index in [-0.39, 0.29) is 5.41 Å². The third-order valence-electron chi connectivity index (χ3n) is 4.66. The molecule has 3 aromatic rings. The van der Waals surface area contributed by atoms with Crippen molar-refractivity contribution in [3.63, 3.8) is 0 Å². The third kappa shape index (κ3) is 6.20. The maximum Gasteiger partial charge on any atom is 0.0334 e. The van der Waals surface area contributed by atoms with Gasteiger partial charge in [-0.05, 0) is 33.6 Å². The highest BCUT2D eigenvalue weighted by molar-refractivity contribution is 7.09. The fourth-order valence-corrected chi connectivity index (χ4v) is 3.82. The van der Waals surface area contributed by atoms with E-state index in [2.05, 4.69) is 110 Å². The van der Waals surface area contributed by atoms with Crippen LogP contribution >= 0.6 is 11.3 Å². The zero-order valence-corrected chi connectivity index (χ0v) is 17.4. The second kappa shape index (κ2) is 9.16. The molecular weight excluding hydrogens is 346 g/mol. The predicted molar refractivity (Wildman–Crippen MR) is 119 cm³/mol. The summed E-state index contributed by atoms with van der Waals surface area (Å²) in [7, 11) is 0. The van der Waals surface area contributed by atoms with Crippen molar-refractivity contribution in [1.82, 2.24) is 4.90 Å². The first-order valence-electron chi connectivity index (χ1n) is 9.56. The second-order valence-electron chi connectivity index (χ2n) is 8.01. The van der Waals surface area contributed by atoms with E-state index in [0.717, 1.165) is 19.6 Å². The van der Waals surface area contributed by atoms with Gasteiger partial charge in [0.1, 0.15) is 0 Å². The van der Waals surface area contributed by atoms with Crippen molar-refractivity contribution < 1.29 is 0 Å². The molecule has 0 amide bonds. The summed E-state index contributed by atoms with van der Waals surface area (Å²) in [6.45, 7) is 9.67. The summed E-state index contributed by atoms with van der Waals surface area (Å²) < 4.78 is 0. The van der Waals surface area contributed by atoms with Crippen LogP contribution < -0.4 is 0 Å². The first-order chi connectivity index (χ1) is 13.0. The van der Waals surface area contributed by atoms with Crippen molar-refractivity contribution in [2.45, 2.75) is 39.3 Å². The van der Waals surface area contributed by atoms with E-state index in [9.17, 15) is 0 Å². The topological polar surface area (TPSA) is 3.24 Å². The van der Waals surface area contributed by atoms with E-state index in [4.69, 9.17) is 0 Å². The van der Waals surface area contributed by atoms with Crippen LogP contribution in [0.4, 0.5) is 0 Å². The van der Waals surface area contributed by atoms with Crippen molar-refractivity contribution in [3.05, 3.63) is 99.8 Å². The van der Waals surface area contributed by atoms with Crippen LogP contribution in [-0.2, 0) is 18.5 Å². The van der Waals surface area contributed by atoms with Crippen molar-refractivity contribution >= 4 is 17.4 Å². The molecule has 0 unspecified atom stereocenters. The molecule has 2 heteroatoms. The van der Waals surface area contributed by atoms with Crippen LogP contribution in [0, 0.1) is 0 Å². The van der Waals surface area contributed by atoms with Gasteiger partial charge >= 0.3 is 0 Å². The predicted octanol–water partition coefficient (Wildman–Crippen LogP) is 6.76. The number of hydrogen-bond donors (Lipinski definition) is 0. The van der Waals surface area contributed by atoms with Gasteiger partial charge in [0, 0.05) is 24.5 Å². The van der Waals surface area contributed by atoms with Crippen LogP contribution in [0.5, 0.6) is 0 Å². The van der Waals surface area contributed by atoms with Gasteiger partial charge in [0.2, 0.25) is 0 Å². The number of benzene rings is 2. The van der Waals surface area contributed by atoms with E-state index < -0.39 is 0 Å². The largest absolute Gasteiger partial charge is 0.290 e. The molecule has 0 radical (unpaired) electrons. The fraction of sp³-hybridized carbons (Fsp3) is 0.280. The van der Waals surface area contributed by atoms with Crippen LogP contribution in [0.3, 0.4) is 0 Å². The Balaban J connectivity index is 1.68. The number of rotatable bonds is 7. The van der Waals surface area contributed by atoms with Crippen molar-refractivity contribution in [2.24, 2.45) is 0 Å². The lowest BCUT2D eigenvalue weighted by molar-refractivity contribution is 0.289. The molecule has 0 aliphatic heterocycles. The zero-order valence-electron chi connectivity index (χ0n) is 16.6. The molecule has 0 saturated carbocycles. The van der Waals surface area contributed by atoms with E-state index in [1.807, 2.05) is 11.3 Å². The Bertz CT molecular complexity index is 824. The van der Waals surface area contributed by atoms with Crippen LogP contribution in [0.1, 0.15) is 42.3 Å². The van der Waals surface area contributed by atoms with E-state index in [1.165, 1.54) is 21.6 Å². The van der Waals surface area contributed by atoms with Gasteiger partial charge in [-0.25, -0.2) is 0 Å². The minimum absolute atomic E-state index is 0.202. The Morgan fingerprint density at radius 1 is 0.852 bits per heavy atom. The smallest absolute Gasteiger partial charge is 0.0334 e. The second-order valence-corrected chi connectivity index (χ2v) is 9.04. The van der Waals surface area contributed by atoms with Crippen LogP contribution in [0.25, 0.3) is 6.08 Å². The molecule has 0 atom stereocenters. The zero-order chi connectivity index (χ0) is 19.1. The lowest BCUT2D eigenvalue weighted by atomic mass is 9.87. The normalized spacial score (nSPS) is 12.1. The standard InChI is InChI=1S/C25H29NS/c1-25(2,3)23-15-13-22(14-16-23)19-26(20-24-12-8-18-27-24)17-7-11-21-9-5-4-6-10-21/h4-16,18H,17,19-20H2,1-3H3/b11-7+. The van der Waals surface area contributed by atoms with Gasteiger partial charge in [0.05, 0.1) is 0 Å². The molecule has 2 aromatic carbocycles. The molecule has 1 heterocycles.